The van der Waals surface area contributed by atoms with E-state index in [9.17, 15) is 4.79 Å². The lowest BCUT2D eigenvalue weighted by molar-refractivity contribution is -0.689. The molecule has 2 aromatic carbocycles. The van der Waals surface area contributed by atoms with Crippen LogP contribution in [0.1, 0.15) is 106 Å². The number of unbranched alkanes of at least 4 members (excludes halogenated alkanes) is 11. The maximum Gasteiger partial charge on any atom is 0.255 e. The number of carbonyl (C=O) groups is 1. The molecule has 0 unspecified atom stereocenters. The fourth-order valence-corrected chi connectivity index (χ4v) is 5.50. The maximum absolute atomic E-state index is 13.1. The number of halogens is 2. The zero-order valence-electron chi connectivity index (χ0n) is 23.5. The van der Waals surface area contributed by atoms with Gasteiger partial charge in [0, 0.05) is 29.1 Å². The Morgan fingerprint density at radius 2 is 1.59 bits per heavy atom. The molecule has 0 fully saturated rings. The van der Waals surface area contributed by atoms with Crippen LogP contribution in [-0.2, 0) is 6.54 Å². The van der Waals surface area contributed by atoms with E-state index in [4.69, 9.17) is 16.3 Å². The molecule has 0 atom stereocenters. The van der Waals surface area contributed by atoms with Crippen LogP contribution in [0.2, 0.25) is 5.02 Å². The third-order valence-corrected chi connectivity index (χ3v) is 7.96. The second-order valence-corrected chi connectivity index (χ2v) is 11.3. The van der Waals surface area contributed by atoms with Gasteiger partial charge in [-0.3, -0.25) is 4.79 Å². The summed E-state index contributed by atoms with van der Waals surface area (Å²) in [6.07, 6.45) is 15.7. The van der Waals surface area contributed by atoms with Crippen molar-refractivity contribution in [2.24, 2.45) is 0 Å². The van der Waals surface area contributed by atoms with E-state index in [1.165, 1.54) is 69.9 Å². The van der Waals surface area contributed by atoms with Crippen molar-refractivity contribution in [3.63, 3.8) is 0 Å². The van der Waals surface area contributed by atoms with Gasteiger partial charge in [-0.25, -0.2) is 0 Å². The molecule has 1 aromatic heterocycles. The number of benzene rings is 2. The number of anilines is 1. The first-order chi connectivity index (χ1) is 18.6. The first kappa shape index (κ1) is 33.3. The molecule has 0 saturated carbocycles. The average molecular weight is 636 g/mol. The molecule has 0 saturated heterocycles. The largest absolute Gasteiger partial charge is 1.00 e. The summed E-state index contributed by atoms with van der Waals surface area (Å²) in [5, 5.41) is 5.74. The second kappa shape index (κ2) is 19.2. The number of nitrogens with one attached hydrogen (secondary N) is 1. The molecule has 0 bridgehead atoms. The SMILES string of the molecule is CCCCCCCCCCCCCCOc1cc(Cl)ccc1NC(=O)c1cccc(C[n+]2cscc2C)c1.[Br-]. The number of carbonyl (C=O) groups excluding carboxylic acids is 1. The smallest absolute Gasteiger partial charge is 0.255 e. The molecule has 39 heavy (non-hydrogen) atoms. The Hall–Kier alpha value is -1.89. The topological polar surface area (TPSA) is 42.2 Å². The Labute approximate surface area is 254 Å². The van der Waals surface area contributed by atoms with Gasteiger partial charge in [0.15, 0.2) is 12.2 Å². The van der Waals surface area contributed by atoms with Gasteiger partial charge in [-0.05, 0) is 30.7 Å². The molecule has 0 radical (unpaired) electrons. The van der Waals surface area contributed by atoms with Gasteiger partial charge >= 0.3 is 0 Å². The van der Waals surface area contributed by atoms with E-state index in [2.05, 4.69) is 34.6 Å². The lowest BCUT2D eigenvalue weighted by Crippen LogP contribution is -3.00. The number of aryl methyl sites for hydroxylation is 1. The van der Waals surface area contributed by atoms with Crippen molar-refractivity contribution in [2.45, 2.75) is 97.4 Å². The van der Waals surface area contributed by atoms with Gasteiger partial charge in [0.1, 0.15) is 5.75 Å². The highest BCUT2D eigenvalue weighted by atomic mass is 79.9. The van der Waals surface area contributed by atoms with Crippen LogP contribution in [0.25, 0.3) is 0 Å². The summed E-state index contributed by atoms with van der Waals surface area (Å²) < 4.78 is 8.24. The van der Waals surface area contributed by atoms with Crippen LogP contribution in [0.3, 0.4) is 0 Å². The molecule has 3 aromatic rings. The van der Waals surface area contributed by atoms with Crippen LogP contribution in [-0.4, -0.2) is 12.5 Å². The van der Waals surface area contributed by atoms with Crippen molar-refractivity contribution in [3.8, 4) is 5.75 Å². The monoisotopic (exact) mass is 634 g/mol. The van der Waals surface area contributed by atoms with Gasteiger partial charge in [0.2, 0.25) is 5.51 Å². The Kier molecular flexibility index (Phi) is 16.4. The summed E-state index contributed by atoms with van der Waals surface area (Å²) in [6, 6.07) is 13.1. The molecule has 0 spiro atoms. The van der Waals surface area contributed by atoms with Gasteiger partial charge in [0.05, 0.1) is 17.7 Å². The molecule has 0 aliphatic carbocycles. The zero-order chi connectivity index (χ0) is 27.0. The second-order valence-electron chi connectivity index (χ2n) is 10.2. The number of hydrogen-bond acceptors (Lipinski definition) is 3. The number of hydrogen-bond donors (Lipinski definition) is 1. The molecule has 1 N–H and O–H groups in total. The molecule has 214 valence electrons. The predicted molar refractivity (Wildman–Crippen MR) is 161 cm³/mol. The summed E-state index contributed by atoms with van der Waals surface area (Å²) in [5.74, 6) is 0.464. The molecule has 1 amide bonds. The molecule has 0 aliphatic heterocycles. The third-order valence-electron chi connectivity index (χ3n) is 6.87. The van der Waals surface area contributed by atoms with E-state index >= 15 is 0 Å². The first-order valence-electron chi connectivity index (χ1n) is 14.3. The van der Waals surface area contributed by atoms with Crippen molar-refractivity contribution >= 4 is 34.5 Å². The minimum Gasteiger partial charge on any atom is -1.00 e. The molecular weight excluding hydrogens is 592 g/mol. The highest BCUT2D eigenvalue weighted by Gasteiger charge is 2.14. The van der Waals surface area contributed by atoms with Crippen LogP contribution in [0.15, 0.2) is 53.4 Å². The van der Waals surface area contributed by atoms with Gasteiger partial charge in [-0.1, -0.05) is 113 Å². The molecular formula is C32H44BrClN2O2S. The summed E-state index contributed by atoms with van der Waals surface area (Å²) in [5.41, 5.74) is 5.66. The van der Waals surface area contributed by atoms with E-state index in [0.29, 0.717) is 28.6 Å². The highest BCUT2D eigenvalue weighted by molar-refractivity contribution is 7.07. The Balaban J connectivity index is 0.00000533. The zero-order valence-corrected chi connectivity index (χ0v) is 26.7. The predicted octanol–water partition coefficient (Wildman–Crippen LogP) is 6.38. The van der Waals surface area contributed by atoms with Crippen LogP contribution < -0.4 is 31.6 Å². The van der Waals surface area contributed by atoms with Crippen molar-refractivity contribution in [1.82, 2.24) is 0 Å². The van der Waals surface area contributed by atoms with Gasteiger partial charge in [0.25, 0.3) is 5.91 Å². The van der Waals surface area contributed by atoms with Crippen LogP contribution in [0, 0.1) is 6.92 Å². The first-order valence-corrected chi connectivity index (χ1v) is 15.6. The Morgan fingerprint density at radius 1 is 0.923 bits per heavy atom. The number of rotatable bonds is 18. The summed E-state index contributed by atoms with van der Waals surface area (Å²) in [6.45, 7) is 5.72. The van der Waals surface area contributed by atoms with E-state index < -0.39 is 0 Å². The normalized spacial score (nSPS) is 10.7. The summed E-state index contributed by atoms with van der Waals surface area (Å²) in [4.78, 5) is 13.1. The number of thiazole rings is 1. The van der Waals surface area contributed by atoms with Crippen LogP contribution in [0.4, 0.5) is 5.69 Å². The quantitative estimate of drug-likeness (QED) is 0.130. The fraction of sp³-hybridized carbons (Fsp3) is 0.500. The lowest BCUT2D eigenvalue weighted by atomic mass is 10.1. The molecule has 7 heteroatoms. The van der Waals surface area contributed by atoms with Gasteiger partial charge in [-0.2, -0.15) is 4.57 Å². The van der Waals surface area contributed by atoms with Crippen molar-refractivity contribution in [1.29, 1.82) is 0 Å². The van der Waals surface area contributed by atoms with Crippen molar-refractivity contribution in [2.75, 3.05) is 11.9 Å². The Bertz CT molecular complexity index is 1120. The molecule has 4 nitrogen and oxygen atoms in total. The summed E-state index contributed by atoms with van der Waals surface area (Å²) >= 11 is 7.91. The van der Waals surface area contributed by atoms with E-state index in [-0.39, 0.29) is 22.9 Å². The molecule has 0 aliphatic rings. The van der Waals surface area contributed by atoms with Gasteiger partial charge < -0.3 is 27.0 Å². The Morgan fingerprint density at radius 3 is 2.23 bits per heavy atom. The van der Waals surface area contributed by atoms with E-state index in [1.54, 1.807) is 23.5 Å². The minimum atomic E-state index is -0.156. The number of amides is 1. The van der Waals surface area contributed by atoms with Crippen molar-refractivity contribution in [3.05, 3.63) is 75.2 Å². The lowest BCUT2D eigenvalue weighted by Gasteiger charge is -2.13. The molecule has 1 heterocycles. The fourth-order valence-electron chi connectivity index (χ4n) is 4.56. The van der Waals surface area contributed by atoms with Gasteiger partial charge in [-0.15, -0.1) is 0 Å². The third kappa shape index (κ3) is 12.4. The maximum atomic E-state index is 13.1. The average Bonchev–Trinajstić information content (AvgIpc) is 3.32. The van der Waals surface area contributed by atoms with Crippen molar-refractivity contribution < 1.29 is 31.1 Å². The van der Waals surface area contributed by atoms with Crippen LogP contribution in [0.5, 0.6) is 5.75 Å². The summed E-state index contributed by atoms with van der Waals surface area (Å²) in [7, 11) is 0. The van der Waals surface area contributed by atoms with E-state index in [0.717, 1.165) is 24.9 Å². The standard InChI is InChI=1S/C32H43ClN2O2S.BrH/c1-3-4-5-6-7-8-9-10-11-12-13-14-20-37-31-22-29(33)18-19-30(31)34-32(36)28-17-15-16-27(21-28)23-35-25-38-24-26(35)2;/h15-19,21-22,24-25H,3-14,20,23H2,1-2H3;1H. The number of aromatic nitrogens is 1. The number of nitrogens with zero attached hydrogens (tertiary/aromatic N) is 1. The highest BCUT2D eigenvalue weighted by Crippen LogP contribution is 2.29. The molecule has 3 rings (SSSR count). The van der Waals surface area contributed by atoms with E-state index in [1.807, 2.05) is 30.3 Å². The number of ether oxygens (including phenoxy) is 1. The van der Waals surface area contributed by atoms with Crippen LogP contribution >= 0.6 is 22.9 Å². The minimum absolute atomic E-state index is 0.